The first-order valence-electron chi connectivity index (χ1n) is 7.87. The van der Waals surface area contributed by atoms with Crippen LogP contribution in [-0.2, 0) is 4.79 Å². The molecule has 1 fully saturated rings. The Bertz CT molecular complexity index is 679. The Labute approximate surface area is 130 Å². The number of nitrogens with one attached hydrogen (secondary N) is 1. The van der Waals surface area contributed by atoms with E-state index >= 15 is 0 Å². The molecule has 2 N–H and O–H groups in total. The molecule has 2 aromatic rings. The minimum atomic E-state index is -0.195. The summed E-state index contributed by atoms with van der Waals surface area (Å²) in [5.41, 5.74) is 1.05. The highest BCUT2D eigenvalue weighted by atomic mass is 16.3. The third-order valence-corrected chi connectivity index (χ3v) is 4.28. The molecule has 0 aromatic heterocycles. The number of hydrogen-bond acceptors (Lipinski definition) is 2. The molecule has 0 heterocycles. The SMILES string of the molecule is O=C(/C=C/c1cccc2ccccc12)NC1CCC(O)CC1. The van der Waals surface area contributed by atoms with Gasteiger partial charge in [-0.2, -0.15) is 0 Å². The predicted molar refractivity (Wildman–Crippen MR) is 89.4 cm³/mol. The number of carbonyl (C=O) groups is 1. The van der Waals surface area contributed by atoms with E-state index in [1.54, 1.807) is 6.08 Å². The van der Waals surface area contributed by atoms with Gasteiger partial charge < -0.3 is 10.4 Å². The highest BCUT2D eigenvalue weighted by Gasteiger charge is 2.19. The number of aliphatic hydroxyl groups excluding tert-OH is 1. The zero-order valence-corrected chi connectivity index (χ0v) is 12.5. The number of carbonyl (C=O) groups excluding carboxylic acids is 1. The fraction of sp³-hybridized carbons (Fsp3) is 0.316. The zero-order chi connectivity index (χ0) is 15.4. The molecule has 1 amide bonds. The maximum absolute atomic E-state index is 12.0. The molecule has 22 heavy (non-hydrogen) atoms. The molecule has 0 spiro atoms. The molecule has 0 atom stereocenters. The van der Waals surface area contributed by atoms with Gasteiger partial charge in [-0.25, -0.2) is 0 Å². The van der Waals surface area contributed by atoms with E-state index in [-0.39, 0.29) is 18.1 Å². The van der Waals surface area contributed by atoms with Gasteiger partial charge in [0.05, 0.1) is 6.10 Å². The molecule has 0 saturated heterocycles. The summed E-state index contributed by atoms with van der Waals surface area (Å²) in [6.07, 6.45) is 6.54. The van der Waals surface area contributed by atoms with E-state index < -0.39 is 0 Å². The van der Waals surface area contributed by atoms with Crippen LogP contribution in [0.5, 0.6) is 0 Å². The number of hydrogen-bond donors (Lipinski definition) is 2. The van der Waals surface area contributed by atoms with Crippen LogP contribution in [-0.4, -0.2) is 23.2 Å². The summed E-state index contributed by atoms with van der Waals surface area (Å²) in [6.45, 7) is 0. The molecule has 0 aliphatic heterocycles. The minimum Gasteiger partial charge on any atom is -0.393 e. The second kappa shape index (κ2) is 6.75. The predicted octanol–water partition coefficient (Wildman–Crippen LogP) is 3.27. The van der Waals surface area contributed by atoms with Crippen molar-refractivity contribution in [3.05, 3.63) is 54.1 Å². The average Bonchev–Trinajstić information content (AvgIpc) is 2.55. The molecule has 0 radical (unpaired) electrons. The standard InChI is InChI=1S/C19H21NO2/c21-17-11-9-16(10-12-17)20-19(22)13-8-15-6-3-5-14-4-1-2-7-18(14)15/h1-8,13,16-17,21H,9-12H2,(H,20,22)/b13-8+. The van der Waals surface area contributed by atoms with Crippen molar-refractivity contribution in [2.24, 2.45) is 0 Å². The van der Waals surface area contributed by atoms with Crippen LogP contribution in [0.4, 0.5) is 0 Å². The number of benzene rings is 2. The quantitative estimate of drug-likeness (QED) is 0.854. The molecule has 1 aliphatic rings. The third-order valence-electron chi connectivity index (χ3n) is 4.28. The lowest BCUT2D eigenvalue weighted by Gasteiger charge is -2.25. The van der Waals surface area contributed by atoms with Crippen LogP contribution in [0.25, 0.3) is 16.8 Å². The summed E-state index contributed by atoms with van der Waals surface area (Å²) in [5.74, 6) is -0.0608. The Morgan fingerprint density at radius 3 is 2.59 bits per heavy atom. The summed E-state index contributed by atoms with van der Waals surface area (Å²) in [6, 6.07) is 14.4. The van der Waals surface area contributed by atoms with Gasteiger partial charge in [-0.15, -0.1) is 0 Å². The fourth-order valence-corrected chi connectivity index (χ4v) is 3.03. The Hall–Kier alpha value is -2.13. The van der Waals surface area contributed by atoms with Gasteiger partial charge in [-0.05, 0) is 48.1 Å². The van der Waals surface area contributed by atoms with Crippen LogP contribution in [0.15, 0.2) is 48.5 Å². The fourth-order valence-electron chi connectivity index (χ4n) is 3.03. The van der Waals surface area contributed by atoms with E-state index in [2.05, 4.69) is 23.5 Å². The van der Waals surface area contributed by atoms with Crippen molar-refractivity contribution in [3.8, 4) is 0 Å². The highest BCUT2D eigenvalue weighted by molar-refractivity contribution is 5.96. The topological polar surface area (TPSA) is 49.3 Å². The second-order valence-corrected chi connectivity index (χ2v) is 5.92. The summed E-state index contributed by atoms with van der Waals surface area (Å²) >= 11 is 0. The first-order chi connectivity index (χ1) is 10.7. The van der Waals surface area contributed by atoms with Crippen molar-refractivity contribution in [1.29, 1.82) is 0 Å². The van der Waals surface area contributed by atoms with Crippen molar-refractivity contribution in [3.63, 3.8) is 0 Å². The number of rotatable bonds is 3. The largest absolute Gasteiger partial charge is 0.393 e. The Balaban J connectivity index is 1.66. The number of fused-ring (bicyclic) bond motifs is 1. The third kappa shape index (κ3) is 3.55. The Morgan fingerprint density at radius 1 is 1.05 bits per heavy atom. The molecule has 114 valence electrons. The first-order valence-corrected chi connectivity index (χ1v) is 7.87. The van der Waals surface area contributed by atoms with Crippen molar-refractivity contribution in [1.82, 2.24) is 5.32 Å². The maximum atomic E-state index is 12.0. The van der Waals surface area contributed by atoms with Crippen LogP contribution in [0, 0.1) is 0 Å². The Morgan fingerprint density at radius 2 is 1.77 bits per heavy atom. The summed E-state index contributed by atoms with van der Waals surface area (Å²) in [5, 5.41) is 14.8. The van der Waals surface area contributed by atoms with Gasteiger partial charge in [0.25, 0.3) is 0 Å². The van der Waals surface area contributed by atoms with Crippen molar-refractivity contribution >= 4 is 22.8 Å². The smallest absolute Gasteiger partial charge is 0.244 e. The van der Waals surface area contributed by atoms with E-state index in [1.807, 2.05) is 30.3 Å². The summed E-state index contributed by atoms with van der Waals surface area (Å²) in [7, 11) is 0. The van der Waals surface area contributed by atoms with Gasteiger partial charge in [-0.3, -0.25) is 4.79 Å². The van der Waals surface area contributed by atoms with Crippen molar-refractivity contribution in [2.75, 3.05) is 0 Å². The molecule has 0 bridgehead atoms. The molecule has 3 nitrogen and oxygen atoms in total. The van der Waals surface area contributed by atoms with Gasteiger partial charge in [0.2, 0.25) is 5.91 Å². The van der Waals surface area contributed by atoms with Crippen LogP contribution in [0.2, 0.25) is 0 Å². The highest BCUT2D eigenvalue weighted by Crippen LogP contribution is 2.20. The lowest BCUT2D eigenvalue weighted by atomic mass is 9.93. The normalized spacial score (nSPS) is 22.0. The molecule has 2 aromatic carbocycles. The molecule has 1 aliphatic carbocycles. The monoisotopic (exact) mass is 295 g/mol. The van der Waals surface area contributed by atoms with Gasteiger partial charge in [0, 0.05) is 12.1 Å². The molecule has 0 unspecified atom stereocenters. The van der Waals surface area contributed by atoms with Crippen LogP contribution >= 0.6 is 0 Å². The van der Waals surface area contributed by atoms with Gasteiger partial charge >= 0.3 is 0 Å². The van der Waals surface area contributed by atoms with Crippen LogP contribution in [0.1, 0.15) is 31.2 Å². The molecule has 3 rings (SSSR count). The number of aliphatic hydroxyl groups is 1. The molecular formula is C19H21NO2. The van der Waals surface area contributed by atoms with Crippen molar-refractivity contribution in [2.45, 2.75) is 37.8 Å². The van der Waals surface area contributed by atoms with Gasteiger partial charge in [-0.1, -0.05) is 42.5 Å². The maximum Gasteiger partial charge on any atom is 0.244 e. The first kappa shape index (κ1) is 14.8. The van der Waals surface area contributed by atoms with Crippen molar-refractivity contribution < 1.29 is 9.90 Å². The van der Waals surface area contributed by atoms with E-state index in [0.29, 0.717) is 0 Å². The van der Waals surface area contributed by atoms with E-state index in [4.69, 9.17) is 0 Å². The minimum absolute atomic E-state index is 0.0608. The van der Waals surface area contributed by atoms with Gasteiger partial charge in [0.15, 0.2) is 0 Å². The molecular weight excluding hydrogens is 274 g/mol. The number of amides is 1. The zero-order valence-electron chi connectivity index (χ0n) is 12.5. The lowest BCUT2D eigenvalue weighted by molar-refractivity contribution is -0.117. The van der Waals surface area contributed by atoms with E-state index in [1.165, 1.54) is 5.39 Å². The van der Waals surface area contributed by atoms with E-state index in [0.717, 1.165) is 36.6 Å². The van der Waals surface area contributed by atoms with Crippen LogP contribution in [0.3, 0.4) is 0 Å². The lowest BCUT2D eigenvalue weighted by Crippen LogP contribution is -2.37. The van der Waals surface area contributed by atoms with Gasteiger partial charge in [0.1, 0.15) is 0 Å². The molecule has 1 saturated carbocycles. The Kier molecular flexibility index (Phi) is 4.54. The van der Waals surface area contributed by atoms with E-state index in [9.17, 15) is 9.90 Å². The second-order valence-electron chi connectivity index (χ2n) is 5.92. The van der Waals surface area contributed by atoms with Crippen LogP contribution < -0.4 is 5.32 Å². The summed E-state index contributed by atoms with van der Waals surface area (Å²) in [4.78, 5) is 12.0. The molecule has 3 heteroatoms. The average molecular weight is 295 g/mol. The summed E-state index contributed by atoms with van der Waals surface area (Å²) < 4.78 is 0.